The van der Waals surface area contributed by atoms with Crippen molar-refractivity contribution >= 4 is 44.5 Å². The summed E-state index contributed by atoms with van der Waals surface area (Å²) in [6.07, 6.45) is 8.68. The normalized spacial score (nSPS) is 20.6. The van der Waals surface area contributed by atoms with Gasteiger partial charge in [0.25, 0.3) is 0 Å². The fourth-order valence-corrected chi connectivity index (χ4v) is 9.44. The first-order valence-corrected chi connectivity index (χ1v) is 25.9. The maximum Gasteiger partial charge on any atom is 0.534 e. The van der Waals surface area contributed by atoms with Crippen LogP contribution < -0.4 is 0 Å². The molecule has 49 heavy (non-hydrogen) atoms. The van der Waals surface area contributed by atoms with Gasteiger partial charge in [-0.2, -0.15) is 21.6 Å². The predicted molar refractivity (Wildman–Crippen MR) is 201 cm³/mol. The number of carboxylic acids is 1. The van der Waals surface area contributed by atoms with Crippen molar-refractivity contribution in [1.82, 2.24) is 0 Å². The summed E-state index contributed by atoms with van der Waals surface area (Å²) in [6, 6.07) is 0. The van der Waals surface area contributed by atoms with Gasteiger partial charge in [-0.1, -0.05) is 100 Å². The number of thioether (sulfide) groups is 1. The van der Waals surface area contributed by atoms with Gasteiger partial charge in [-0.3, -0.25) is 4.79 Å². The second kappa shape index (κ2) is 18.3. The molecule has 1 aliphatic rings. The van der Waals surface area contributed by atoms with Crippen LogP contribution >= 0.6 is 11.8 Å². The molecule has 1 aliphatic carbocycles. The molecule has 0 fully saturated rings. The molecule has 14 heteroatoms. The van der Waals surface area contributed by atoms with Crippen molar-refractivity contribution in [3.8, 4) is 0 Å². The molecule has 0 saturated carbocycles. The van der Waals surface area contributed by atoms with E-state index in [9.17, 15) is 31.5 Å². The van der Waals surface area contributed by atoms with Gasteiger partial charge >= 0.3 is 21.6 Å². The van der Waals surface area contributed by atoms with Crippen LogP contribution in [0.3, 0.4) is 0 Å². The summed E-state index contributed by atoms with van der Waals surface area (Å²) in [7, 11) is -10.6. The minimum atomic E-state index is -5.91. The first kappa shape index (κ1) is 46.2. The Balaban J connectivity index is 3.71. The van der Waals surface area contributed by atoms with E-state index in [1.165, 1.54) is 11.8 Å². The Kier molecular flexibility index (Phi) is 17.3. The molecule has 0 spiro atoms. The van der Waals surface area contributed by atoms with E-state index in [1.54, 1.807) is 6.92 Å². The van der Waals surface area contributed by atoms with Crippen LogP contribution in [0.2, 0.25) is 36.3 Å². The van der Waals surface area contributed by atoms with Gasteiger partial charge in [0.1, 0.15) is 5.76 Å². The van der Waals surface area contributed by atoms with E-state index in [0.29, 0.717) is 35.8 Å². The first-order valence-electron chi connectivity index (χ1n) is 17.7. The van der Waals surface area contributed by atoms with Crippen molar-refractivity contribution in [3.63, 3.8) is 0 Å². The number of halogens is 3. The molecule has 0 aliphatic heterocycles. The van der Waals surface area contributed by atoms with Crippen molar-refractivity contribution in [2.75, 3.05) is 5.75 Å². The molecule has 1 unspecified atom stereocenters. The Morgan fingerprint density at radius 1 is 0.980 bits per heavy atom. The minimum absolute atomic E-state index is 0.0426. The number of rotatable bonds is 20. The molecule has 0 heterocycles. The van der Waals surface area contributed by atoms with Gasteiger partial charge in [0.15, 0.2) is 16.6 Å². The quantitative estimate of drug-likeness (QED) is 0.0429. The van der Waals surface area contributed by atoms with Gasteiger partial charge in [-0.25, -0.2) is 0 Å². The summed E-state index contributed by atoms with van der Waals surface area (Å²) in [6.45, 7) is 27.3. The number of hydrogen-bond donors (Lipinski definition) is 1. The van der Waals surface area contributed by atoms with Gasteiger partial charge in [0.2, 0.25) is 0 Å². The zero-order valence-electron chi connectivity index (χ0n) is 32.3. The standard InChI is InChI=1S/C35H65F3O7S2Si2/c1-14-15-18-25(2)23-27(44-48(10,11)33(4,5)6)20-21-28-29(45-49(12,13)34(7,8)9)24-30(43-47(41,42)35(36,37)38)31(28)46-22-17-16-19-26(3)32(39)40/h20-21,25-29H,14-19,22-24H2,1-13H3,(H,39,40)/b21-20+/t25-,26?,27-,28+,29-/m1/s1. The SMILES string of the molecule is CCCC[C@@H](C)C[C@@H](/C=C/[C@@H]1C(SCCCCC(C)C(=O)O)=C(OS(=O)(=O)C(F)(F)F)C[C@H]1O[Si](C)(C)C(C)(C)C)O[Si](C)(C)C(C)(C)C. The van der Waals surface area contributed by atoms with E-state index in [2.05, 4.69) is 81.6 Å². The summed E-state index contributed by atoms with van der Waals surface area (Å²) in [4.78, 5) is 11.7. The van der Waals surface area contributed by atoms with E-state index in [0.717, 1.165) is 25.7 Å². The van der Waals surface area contributed by atoms with Crippen molar-refractivity contribution < 1.29 is 44.5 Å². The monoisotopic (exact) mass is 774 g/mol. The average molecular weight is 775 g/mol. The largest absolute Gasteiger partial charge is 0.534 e. The third-order valence-corrected chi connectivity index (χ3v) is 21.6. The number of unbranched alkanes of at least 4 members (excludes halogenated alkanes) is 2. The van der Waals surface area contributed by atoms with Gasteiger partial charge in [0.05, 0.1) is 18.1 Å². The van der Waals surface area contributed by atoms with Gasteiger partial charge in [-0.15, -0.1) is 11.8 Å². The van der Waals surface area contributed by atoms with E-state index in [1.807, 2.05) is 12.2 Å². The van der Waals surface area contributed by atoms with E-state index >= 15 is 0 Å². The molecule has 1 rings (SSSR count). The molecular weight excluding hydrogens is 710 g/mol. The van der Waals surface area contributed by atoms with Crippen LogP contribution in [0.25, 0.3) is 0 Å². The first-order chi connectivity index (χ1) is 22.1. The number of alkyl halides is 3. The second-order valence-electron chi connectivity index (χ2n) is 16.8. The maximum atomic E-state index is 13.6. The van der Waals surface area contributed by atoms with Crippen molar-refractivity contribution in [3.05, 3.63) is 22.8 Å². The molecule has 0 aromatic heterocycles. The van der Waals surface area contributed by atoms with E-state index in [4.69, 9.17) is 13.0 Å². The van der Waals surface area contributed by atoms with Crippen LogP contribution in [0.4, 0.5) is 13.2 Å². The number of aliphatic carboxylic acids is 1. The van der Waals surface area contributed by atoms with Crippen molar-refractivity contribution in [1.29, 1.82) is 0 Å². The van der Waals surface area contributed by atoms with Gasteiger partial charge in [-0.05, 0) is 67.2 Å². The maximum absolute atomic E-state index is 13.6. The van der Waals surface area contributed by atoms with Crippen LogP contribution in [0.5, 0.6) is 0 Å². The van der Waals surface area contributed by atoms with Crippen LogP contribution in [-0.4, -0.2) is 59.6 Å². The fourth-order valence-electron chi connectivity index (χ4n) is 4.97. The zero-order chi connectivity index (χ0) is 38.2. The smallest absolute Gasteiger partial charge is 0.481 e. The Labute approximate surface area is 302 Å². The molecule has 0 aromatic rings. The highest BCUT2D eigenvalue weighted by Gasteiger charge is 2.51. The predicted octanol–water partition coefficient (Wildman–Crippen LogP) is 11.3. The second-order valence-corrected chi connectivity index (χ2v) is 29.0. The third-order valence-electron chi connectivity index (χ3n) is 10.3. The number of carboxylic acid groups (broad SMARTS) is 1. The summed E-state index contributed by atoms with van der Waals surface area (Å²) in [5, 5.41) is 8.99. The molecule has 5 atom stereocenters. The van der Waals surface area contributed by atoms with E-state index < -0.39 is 56.2 Å². The summed E-state index contributed by atoms with van der Waals surface area (Å²) < 4.78 is 84.1. The summed E-state index contributed by atoms with van der Waals surface area (Å²) in [5.74, 6) is -1.34. The lowest BCUT2D eigenvalue weighted by molar-refractivity contribution is -0.141. The zero-order valence-corrected chi connectivity index (χ0v) is 35.9. The average Bonchev–Trinajstić information content (AvgIpc) is 3.21. The molecular formula is C35H65F3O7S2Si2. The lowest BCUT2D eigenvalue weighted by Crippen LogP contribution is -2.45. The Bertz CT molecular complexity index is 1240. The van der Waals surface area contributed by atoms with Crippen LogP contribution in [0.1, 0.15) is 114 Å². The topological polar surface area (TPSA) is 99.1 Å². The molecule has 0 aromatic carbocycles. The highest BCUT2D eigenvalue weighted by Crippen LogP contribution is 2.48. The molecule has 0 radical (unpaired) electrons. The summed E-state index contributed by atoms with van der Waals surface area (Å²) in [5.41, 5.74) is -5.58. The Morgan fingerprint density at radius 3 is 2.04 bits per heavy atom. The molecule has 0 amide bonds. The van der Waals surface area contributed by atoms with E-state index in [-0.39, 0.29) is 28.4 Å². The highest BCUT2D eigenvalue weighted by molar-refractivity contribution is 8.03. The molecule has 0 saturated heterocycles. The number of carbonyl (C=O) groups is 1. The van der Waals surface area contributed by atoms with Crippen molar-refractivity contribution in [2.45, 2.75) is 168 Å². The molecule has 0 bridgehead atoms. The van der Waals surface area contributed by atoms with Gasteiger partial charge in [0, 0.05) is 17.2 Å². The Hall–Kier alpha value is -0.806. The lowest BCUT2D eigenvalue weighted by Gasteiger charge is -2.40. The molecule has 1 N–H and O–H groups in total. The van der Waals surface area contributed by atoms with Crippen LogP contribution in [0, 0.1) is 17.8 Å². The molecule has 7 nitrogen and oxygen atoms in total. The van der Waals surface area contributed by atoms with Gasteiger partial charge < -0.3 is 18.1 Å². The third kappa shape index (κ3) is 14.3. The molecule has 288 valence electrons. The summed E-state index contributed by atoms with van der Waals surface area (Å²) >= 11 is 1.27. The lowest BCUT2D eigenvalue weighted by atomic mass is 9.96. The minimum Gasteiger partial charge on any atom is -0.481 e. The Morgan fingerprint density at radius 2 is 1.55 bits per heavy atom. The fraction of sp³-hybridized carbons (Fsp3) is 0.857. The van der Waals surface area contributed by atoms with Crippen LogP contribution in [0.15, 0.2) is 22.8 Å². The van der Waals surface area contributed by atoms with Crippen molar-refractivity contribution in [2.24, 2.45) is 17.8 Å². The highest BCUT2D eigenvalue weighted by atomic mass is 32.2. The number of hydrogen-bond acceptors (Lipinski definition) is 7. The van der Waals surface area contributed by atoms with Crippen LogP contribution in [-0.2, 0) is 27.9 Å².